The summed E-state index contributed by atoms with van der Waals surface area (Å²) in [5, 5.41) is 18.3. The van der Waals surface area contributed by atoms with E-state index in [0.717, 1.165) is 23.7 Å². The van der Waals surface area contributed by atoms with Gasteiger partial charge in [-0.2, -0.15) is 0 Å². The van der Waals surface area contributed by atoms with Crippen molar-refractivity contribution in [2.45, 2.75) is 26.3 Å². The minimum absolute atomic E-state index is 0.0207. The van der Waals surface area contributed by atoms with Crippen molar-refractivity contribution in [1.82, 2.24) is 4.57 Å². The van der Waals surface area contributed by atoms with Crippen molar-refractivity contribution in [2.24, 2.45) is 10.2 Å². The van der Waals surface area contributed by atoms with Crippen LogP contribution in [0.4, 0.5) is 10.5 Å². The number of ether oxygens (including phenoxy) is 1. The third-order valence-corrected chi connectivity index (χ3v) is 3.06. The van der Waals surface area contributed by atoms with Crippen LogP contribution in [0, 0.1) is 0 Å². The highest BCUT2D eigenvalue weighted by molar-refractivity contribution is 5.95. The van der Waals surface area contributed by atoms with Crippen LogP contribution >= 0.6 is 0 Å². The fourth-order valence-corrected chi connectivity index (χ4v) is 2.04. The molecule has 0 atom stereocenters. The number of hydrogen-bond acceptors (Lipinski definition) is 4. The van der Waals surface area contributed by atoms with Crippen molar-refractivity contribution in [3.8, 4) is 5.88 Å². The third-order valence-electron chi connectivity index (χ3n) is 3.06. The molecule has 0 spiro atoms. The molecule has 0 radical (unpaired) electrons. The lowest BCUT2D eigenvalue weighted by Crippen LogP contribution is -1.96. The molecule has 0 aliphatic carbocycles. The van der Waals surface area contributed by atoms with Crippen molar-refractivity contribution in [3.63, 3.8) is 0 Å². The van der Waals surface area contributed by atoms with Crippen LogP contribution in [0.5, 0.6) is 5.88 Å². The molecule has 1 N–H and O–H groups in total. The maximum atomic E-state index is 11.0. The number of methoxy groups -OCH3 is 1. The number of aromatic hydroxyl groups is 1. The summed E-state index contributed by atoms with van der Waals surface area (Å²) in [6.45, 7) is 2.78. The molecule has 1 aromatic carbocycles. The van der Waals surface area contributed by atoms with Crippen molar-refractivity contribution in [3.05, 3.63) is 24.3 Å². The number of carbonyl (C=O) groups excluding carboxylic acids is 1. The van der Waals surface area contributed by atoms with Crippen LogP contribution < -0.4 is 0 Å². The standard InChI is InChI=1S/C14H17N3O3/c1-3-4-9-17-11-8-6-5-7-10(11)12(13(17)18)15-16-14(19)20-2/h5-8,18H,3-4,9H2,1-2H3. The van der Waals surface area contributed by atoms with Gasteiger partial charge in [-0.05, 0) is 12.5 Å². The molecule has 1 aromatic heterocycles. The van der Waals surface area contributed by atoms with Gasteiger partial charge < -0.3 is 14.4 Å². The van der Waals surface area contributed by atoms with Gasteiger partial charge in [-0.3, -0.25) is 0 Å². The molecule has 1 heterocycles. The van der Waals surface area contributed by atoms with Crippen LogP contribution in [0.3, 0.4) is 0 Å². The van der Waals surface area contributed by atoms with Crippen LogP contribution in [0.25, 0.3) is 10.9 Å². The van der Waals surface area contributed by atoms with Crippen molar-refractivity contribution < 1.29 is 14.6 Å². The summed E-state index contributed by atoms with van der Waals surface area (Å²) in [7, 11) is 1.23. The Hall–Kier alpha value is -2.37. The summed E-state index contributed by atoms with van der Waals surface area (Å²) in [5.41, 5.74) is 1.17. The number of nitrogens with zero attached hydrogens (tertiary/aromatic N) is 3. The van der Waals surface area contributed by atoms with Gasteiger partial charge in [0, 0.05) is 11.9 Å². The monoisotopic (exact) mass is 275 g/mol. The van der Waals surface area contributed by atoms with Gasteiger partial charge in [-0.1, -0.05) is 36.7 Å². The Balaban J connectivity index is 2.51. The predicted molar refractivity (Wildman–Crippen MR) is 75.4 cm³/mol. The van der Waals surface area contributed by atoms with Gasteiger partial charge in [-0.25, -0.2) is 4.79 Å². The fourth-order valence-electron chi connectivity index (χ4n) is 2.04. The van der Waals surface area contributed by atoms with Crippen LogP contribution in [-0.2, 0) is 11.3 Å². The lowest BCUT2D eigenvalue weighted by Gasteiger charge is -2.04. The van der Waals surface area contributed by atoms with Gasteiger partial charge in [0.25, 0.3) is 0 Å². The molecule has 0 bridgehead atoms. The Morgan fingerprint density at radius 2 is 2.15 bits per heavy atom. The fraction of sp³-hybridized carbons (Fsp3) is 0.357. The molecule has 0 fully saturated rings. The topological polar surface area (TPSA) is 76.2 Å². The maximum Gasteiger partial charge on any atom is 0.452 e. The molecule has 0 saturated carbocycles. The number of benzene rings is 1. The smallest absolute Gasteiger partial charge is 0.452 e. The molecule has 2 aromatic rings. The molecule has 106 valence electrons. The van der Waals surface area contributed by atoms with E-state index in [2.05, 4.69) is 21.9 Å². The minimum Gasteiger partial charge on any atom is -0.493 e. The Labute approximate surface area is 116 Å². The van der Waals surface area contributed by atoms with E-state index in [-0.39, 0.29) is 5.88 Å². The van der Waals surface area contributed by atoms with Gasteiger partial charge in [0.15, 0.2) is 5.69 Å². The van der Waals surface area contributed by atoms with Crippen LogP contribution in [0.1, 0.15) is 19.8 Å². The number of fused-ring (bicyclic) bond motifs is 1. The zero-order valence-electron chi connectivity index (χ0n) is 11.5. The van der Waals surface area contributed by atoms with E-state index in [0.29, 0.717) is 12.2 Å². The summed E-state index contributed by atoms with van der Waals surface area (Å²) in [6.07, 6.45) is 1.17. The number of rotatable bonds is 4. The first-order chi connectivity index (χ1) is 9.69. The van der Waals surface area contributed by atoms with Crippen molar-refractivity contribution in [2.75, 3.05) is 7.11 Å². The molecule has 20 heavy (non-hydrogen) atoms. The number of amides is 1. The first kappa shape index (κ1) is 14.0. The van der Waals surface area contributed by atoms with Gasteiger partial charge in [-0.15, -0.1) is 5.11 Å². The Kier molecular flexibility index (Phi) is 4.34. The highest BCUT2D eigenvalue weighted by Gasteiger charge is 2.16. The Bertz CT molecular complexity index is 646. The maximum absolute atomic E-state index is 11.0. The predicted octanol–water partition coefficient (Wildman–Crippen LogP) is 4.00. The normalized spacial score (nSPS) is 11.3. The summed E-state index contributed by atoms with van der Waals surface area (Å²) in [4.78, 5) is 11.0. The SMILES string of the molecule is CCCCn1c(O)c(N=NC(=O)OC)c2ccccc21. The van der Waals surface area contributed by atoms with Gasteiger partial charge >= 0.3 is 6.09 Å². The summed E-state index contributed by atoms with van der Waals surface area (Å²) < 4.78 is 6.19. The number of azo groups is 1. The van der Waals surface area contributed by atoms with Crippen molar-refractivity contribution in [1.29, 1.82) is 0 Å². The number of hydrogen-bond donors (Lipinski definition) is 1. The lowest BCUT2D eigenvalue weighted by molar-refractivity contribution is 0.181. The van der Waals surface area contributed by atoms with Crippen LogP contribution in [-0.4, -0.2) is 22.9 Å². The molecular weight excluding hydrogens is 258 g/mol. The molecule has 6 nitrogen and oxygen atoms in total. The largest absolute Gasteiger partial charge is 0.493 e. The summed E-state index contributed by atoms with van der Waals surface area (Å²) in [5.74, 6) is 0.0207. The molecule has 1 amide bonds. The number of para-hydroxylation sites is 1. The molecule has 0 saturated heterocycles. The number of unbranched alkanes of at least 4 members (excludes halogenated alkanes) is 1. The highest BCUT2D eigenvalue weighted by atomic mass is 16.5. The second-order valence-electron chi connectivity index (χ2n) is 4.36. The first-order valence-corrected chi connectivity index (χ1v) is 6.49. The molecular formula is C14H17N3O3. The van der Waals surface area contributed by atoms with E-state index < -0.39 is 6.09 Å². The van der Waals surface area contributed by atoms with E-state index in [9.17, 15) is 9.90 Å². The summed E-state index contributed by atoms with van der Waals surface area (Å²) in [6, 6.07) is 7.49. The quantitative estimate of drug-likeness (QED) is 0.857. The summed E-state index contributed by atoms with van der Waals surface area (Å²) >= 11 is 0. The first-order valence-electron chi connectivity index (χ1n) is 6.49. The van der Waals surface area contributed by atoms with E-state index in [1.807, 2.05) is 24.3 Å². The number of carbonyl (C=O) groups is 1. The van der Waals surface area contributed by atoms with E-state index in [1.54, 1.807) is 4.57 Å². The van der Waals surface area contributed by atoms with Gasteiger partial charge in [0.05, 0.1) is 12.6 Å². The minimum atomic E-state index is -0.796. The number of aryl methyl sites for hydroxylation is 1. The third kappa shape index (κ3) is 2.64. The van der Waals surface area contributed by atoms with E-state index in [1.165, 1.54) is 7.11 Å². The Morgan fingerprint density at radius 1 is 1.40 bits per heavy atom. The zero-order chi connectivity index (χ0) is 14.5. The van der Waals surface area contributed by atoms with E-state index >= 15 is 0 Å². The average molecular weight is 275 g/mol. The molecule has 2 rings (SSSR count). The second kappa shape index (κ2) is 6.18. The molecule has 0 aliphatic heterocycles. The zero-order valence-corrected chi connectivity index (χ0v) is 11.5. The lowest BCUT2D eigenvalue weighted by atomic mass is 10.2. The van der Waals surface area contributed by atoms with Gasteiger partial charge in [0.1, 0.15) is 0 Å². The highest BCUT2D eigenvalue weighted by Crippen LogP contribution is 2.38. The number of aromatic nitrogens is 1. The van der Waals surface area contributed by atoms with Crippen molar-refractivity contribution >= 4 is 22.7 Å². The second-order valence-corrected chi connectivity index (χ2v) is 4.36. The molecule has 6 heteroatoms. The van der Waals surface area contributed by atoms with Crippen LogP contribution in [0.15, 0.2) is 34.5 Å². The molecule has 0 unspecified atom stereocenters. The van der Waals surface area contributed by atoms with Crippen LogP contribution in [0.2, 0.25) is 0 Å². The average Bonchev–Trinajstić information content (AvgIpc) is 2.74. The van der Waals surface area contributed by atoms with Gasteiger partial charge in [0.2, 0.25) is 5.88 Å². The Morgan fingerprint density at radius 3 is 2.85 bits per heavy atom. The molecule has 0 aliphatic rings. The van der Waals surface area contributed by atoms with E-state index in [4.69, 9.17) is 0 Å².